The minimum absolute atomic E-state index is 0.0516. The molecule has 1 amide bonds. The molecule has 2 aromatic carbocycles. The molecule has 19 heteroatoms. The number of nitrogens with zero attached hydrogens (tertiary/aromatic N) is 3. The number of aliphatic hydroxyl groups is 1. The summed E-state index contributed by atoms with van der Waals surface area (Å²) in [5.41, 5.74) is -3.97. The Morgan fingerprint density at radius 3 is 2.34 bits per heavy atom. The van der Waals surface area contributed by atoms with E-state index in [1.54, 1.807) is 18.0 Å². The minimum Gasteiger partial charge on any atom is -0.496 e. The Labute approximate surface area is 384 Å². The molecule has 1 aromatic heterocycles. The highest BCUT2D eigenvalue weighted by Crippen LogP contribution is 2.68. The maximum atomic E-state index is 15.5. The number of likely N-dealkylation sites (N-methyl/N-ethyl adjacent to an activating group) is 1. The largest absolute Gasteiger partial charge is 0.496 e. The van der Waals surface area contributed by atoms with Crippen molar-refractivity contribution < 1.29 is 65.2 Å². The number of aromatic nitrogens is 1. The summed E-state index contributed by atoms with van der Waals surface area (Å²) in [4.78, 5) is 64.5. The molecule has 0 radical (unpaired) electrons. The maximum Gasteiger partial charge on any atom is 0.471 e. The second kappa shape index (κ2) is 15.9. The predicted octanol–water partition coefficient (Wildman–Crippen LogP) is 5.62. The molecule has 6 aliphatic rings. The van der Waals surface area contributed by atoms with Gasteiger partial charge in [0.15, 0.2) is 6.10 Å². The van der Waals surface area contributed by atoms with Crippen molar-refractivity contribution in [3.8, 4) is 5.75 Å². The third kappa shape index (κ3) is 6.63. The summed E-state index contributed by atoms with van der Waals surface area (Å²) in [6, 6.07) is 6.25. The van der Waals surface area contributed by atoms with Crippen LogP contribution in [0, 0.1) is 17.3 Å². The predicted molar refractivity (Wildman–Crippen MR) is 234 cm³/mol. The van der Waals surface area contributed by atoms with E-state index in [0.29, 0.717) is 71.5 Å². The van der Waals surface area contributed by atoms with Gasteiger partial charge in [0.05, 0.1) is 27.4 Å². The Balaban J connectivity index is 1.35. The molecule has 10 atom stereocenters. The molecule has 362 valence electrons. The normalized spacial score (nSPS) is 33.3. The number of nitrogens with one attached hydrogen (secondary N) is 2. The van der Waals surface area contributed by atoms with Crippen molar-refractivity contribution in [3.63, 3.8) is 0 Å². The van der Waals surface area contributed by atoms with Crippen LogP contribution in [-0.4, -0.2) is 141 Å². The van der Waals surface area contributed by atoms with Gasteiger partial charge in [-0.25, -0.2) is 13.6 Å². The van der Waals surface area contributed by atoms with Crippen LogP contribution in [0.1, 0.15) is 68.8 Å². The molecular weight excluding hydrogens is 886 g/mol. The van der Waals surface area contributed by atoms with Crippen molar-refractivity contribution in [2.45, 2.75) is 99.6 Å². The number of anilines is 2. The molecule has 1 aliphatic carbocycles. The molecule has 2 bridgehead atoms. The Morgan fingerprint density at radius 2 is 1.70 bits per heavy atom. The quantitative estimate of drug-likeness (QED) is 0.111. The summed E-state index contributed by atoms with van der Waals surface area (Å²) in [6.07, 6.45) is -1.81. The molecule has 5 aliphatic heterocycles. The van der Waals surface area contributed by atoms with Crippen LogP contribution in [0.25, 0.3) is 10.9 Å². The zero-order valence-corrected chi connectivity index (χ0v) is 38.4. The number of carbonyl (C=O) groups excluding carboxylic acids is 4. The number of benzene rings is 2. The van der Waals surface area contributed by atoms with E-state index >= 15 is 13.6 Å². The zero-order chi connectivity index (χ0) is 48.4. The topological polar surface area (TPSA) is 163 Å². The van der Waals surface area contributed by atoms with Crippen LogP contribution in [0.15, 0.2) is 42.5 Å². The Kier molecular flexibility index (Phi) is 11.1. The number of hydrogen-bond acceptors (Lipinski definition) is 12. The first-order valence-corrected chi connectivity index (χ1v) is 22.6. The highest BCUT2D eigenvalue weighted by Gasteiger charge is 2.80. The molecule has 3 aromatic rings. The van der Waals surface area contributed by atoms with E-state index in [0.717, 1.165) is 14.0 Å². The van der Waals surface area contributed by atoms with Gasteiger partial charge in [-0.1, -0.05) is 19.1 Å². The van der Waals surface area contributed by atoms with Crippen LogP contribution in [0.5, 0.6) is 5.75 Å². The van der Waals surface area contributed by atoms with Gasteiger partial charge in [0, 0.05) is 103 Å². The number of ether oxygens (including phenoxy) is 4. The van der Waals surface area contributed by atoms with E-state index in [1.165, 1.54) is 39.3 Å². The lowest BCUT2D eigenvalue weighted by Crippen LogP contribution is -2.81. The molecule has 1 saturated carbocycles. The number of methoxy groups -OCH3 is 3. The number of esters is 3. The van der Waals surface area contributed by atoms with Gasteiger partial charge in [0.25, 0.3) is 0 Å². The van der Waals surface area contributed by atoms with Gasteiger partial charge in [-0.3, -0.25) is 19.3 Å². The van der Waals surface area contributed by atoms with Gasteiger partial charge >= 0.3 is 30.0 Å². The fourth-order valence-electron chi connectivity index (χ4n) is 13.8. The molecule has 67 heavy (non-hydrogen) atoms. The Morgan fingerprint density at radius 1 is 0.970 bits per heavy atom. The number of piperidine rings is 1. The molecule has 3 N–H and O–H groups in total. The first-order valence-electron chi connectivity index (χ1n) is 22.6. The third-order valence-corrected chi connectivity index (χ3v) is 16.2. The van der Waals surface area contributed by atoms with Gasteiger partial charge in [0.2, 0.25) is 11.5 Å². The molecule has 1 spiro atoms. The fraction of sp³-hybridized carbons (Fsp3) is 0.583. The maximum absolute atomic E-state index is 15.5. The smallest absolute Gasteiger partial charge is 0.471 e. The van der Waals surface area contributed by atoms with E-state index in [1.807, 2.05) is 35.4 Å². The summed E-state index contributed by atoms with van der Waals surface area (Å²) in [7, 11) is 5.56. The standard InChI is InChI=1S/C48H56F5N5O9/c1-8-44-13-9-15-58-17-14-45(37(44)58)31-20-32(35(64-5)21-34(31)56(4)38(45)47(63,42(62)66-7)39(44)67-25(2)59)46(41(61)65-6)22-26-18-27(43(3,49)50)24-57(23-26)16-12-29-30-19-28(54-40(60)48(51,52)53)10-11-33(30)55-36(29)46/h9-11,13,19-21,26-27,37-39,55,63H,8,12,14-18,22-24H2,1-7H3,(H,54,60)/t26?,27?,37?,38?,39-,44-,45?,46-,47+/m0/s1. The van der Waals surface area contributed by atoms with Gasteiger partial charge in [-0.15, -0.1) is 0 Å². The second-order valence-corrected chi connectivity index (χ2v) is 19.5. The van der Waals surface area contributed by atoms with Crippen molar-refractivity contribution in [1.82, 2.24) is 14.8 Å². The van der Waals surface area contributed by atoms with Crippen molar-refractivity contribution in [3.05, 3.63) is 64.9 Å². The van der Waals surface area contributed by atoms with E-state index in [-0.39, 0.29) is 43.8 Å². The number of amides is 1. The molecule has 2 saturated heterocycles. The number of carbonyl (C=O) groups is 4. The molecular formula is C48H56F5N5O9. The van der Waals surface area contributed by atoms with Gasteiger partial charge < -0.3 is 44.2 Å². The molecule has 14 nitrogen and oxygen atoms in total. The Bertz CT molecular complexity index is 2580. The van der Waals surface area contributed by atoms with E-state index in [2.05, 4.69) is 9.88 Å². The van der Waals surface area contributed by atoms with Crippen LogP contribution < -0.4 is 15.0 Å². The fourth-order valence-corrected chi connectivity index (χ4v) is 13.8. The van der Waals surface area contributed by atoms with Crippen molar-refractivity contribution in [2.75, 3.05) is 71.3 Å². The number of fused-ring (bicyclic) bond motifs is 6. The van der Waals surface area contributed by atoms with Gasteiger partial charge in [0.1, 0.15) is 11.2 Å². The van der Waals surface area contributed by atoms with Crippen LogP contribution in [0.2, 0.25) is 0 Å². The van der Waals surface area contributed by atoms with Gasteiger partial charge in [-0.05, 0) is 86.9 Å². The number of aromatic amines is 1. The summed E-state index contributed by atoms with van der Waals surface area (Å²) in [5, 5.41) is 15.7. The first-order chi connectivity index (χ1) is 31.6. The monoisotopic (exact) mass is 941 g/mol. The minimum atomic E-state index is -5.17. The molecule has 6 heterocycles. The number of hydrogen-bond donors (Lipinski definition) is 3. The number of rotatable bonds is 8. The van der Waals surface area contributed by atoms with E-state index in [9.17, 15) is 32.7 Å². The molecule has 9 rings (SSSR count). The average Bonchev–Trinajstić information content (AvgIpc) is 3.94. The highest BCUT2D eigenvalue weighted by molar-refractivity contribution is 5.99. The van der Waals surface area contributed by atoms with Crippen molar-refractivity contribution >= 4 is 46.1 Å². The second-order valence-electron chi connectivity index (χ2n) is 19.5. The zero-order valence-electron chi connectivity index (χ0n) is 38.4. The average molecular weight is 942 g/mol. The summed E-state index contributed by atoms with van der Waals surface area (Å²) >= 11 is 0. The van der Waals surface area contributed by atoms with Crippen LogP contribution in [-0.2, 0) is 50.6 Å². The lowest BCUT2D eigenvalue weighted by Gasteiger charge is -2.63. The van der Waals surface area contributed by atoms with E-state index < -0.39 is 87.8 Å². The molecule has 3 fully saturated rings. The van der Waals surface area contributed by atoms with Crippen molar-refractivity contribution in [2.24, 2.45) is 17.3 Å². The van der Waals surface area contributed by atoms with E-state index in [4.69, 9.17) is 18.9 Å². The lowest BCUT2D eigenvalue weighted by molar-refractivity contribution is -0.228. The Hall–Kier alpha value is -5.27. The number of alkyl halides is 5. The SMILES string of the molecule is CC[C@@]12C=CCN3CCC4(c5cc([C@@]6(C(=O)OC)CC7CC(C(C)(F)F)CN(CCc8c6[nH]c6ccc(NC(=O)C(F)(F)F)cc86)C7)c(OC)cc5N(C)C4[C@](O)(C(=O)OC)[C@H]1OC(C)=O)C32. The number of halogens is 5. The summed E-state index contributed by atoms with van der Waals surface area (Å²) in [5.74, 6) is -9.13. The van der Waals surface area contributed by atoms with Crippen LogP contribution in [0.3, 0.4) is 0 Å². The summed E-state index contributed by atoms with van der Waals surface area (Å²) < 4.78 is 95.0. The van der Waals surface area contributed by atoms with Crippen molar-refractivity contribution in [1.29, 1.82) is 0 Å². The van der Waals surface area contributed by atoms with Crippen LogP contribution in [0.4, 0.5) is 33.3 Å². The number of H-pyrrole nitrogens is 1. The van der Waals surface area contributed by atoms with Gasteiger partial charge in [-0.2, -0.15) is 13.2 Å². The first kappa shape index (κ1) is 46.8. The lowest BCUT2D eigenvalue weighted by atomic mass is 9.47. The van der Waals surface area contributed by atoms with Crippen LogP contribution >= 0.6 is 0 Å². The highest BCUT2D eigenvalue weighted by atomic mass is 19.4. The molecule has 6 unspecified atom stereocenters. The summed E-state index contributed by atoms with van der Waals surface area (Å²) in [6.45, 7) is 5.72. The third-order valence-electron chi connectivity index (χ3n) is 16.2.